The van der Waals surface area contributed by atoms with Gasteiger partial charge in [0.1, 0.15) is 5.01 Å². The van der Waals surface area contributed by atoms with E-state index in [4.69, 9.17) is 16.6 Å². The van der Waals surface area contributed by atoms with Gasteiger partial charge in [-0.1, -0.05) is 20.8 Å². The Bertz CT molecular complexity index is 490. The van der Waals surface area contributed by atoms with Crippen molar-refractivity contribution in [3.05, 3.63) is 16.1 Å². The van der Waals surface area contributed by atoms with Crippen molar-refractivity contribution < 1.29 is 4.79 Å². The maximum Gasteiger partial charge on any atom is 0.222 e. The molecule has 1 aromatic rings. The van der Waals surface area contributed by atoms with Crippen LogP contribution in [0.3, 0.4) is 0 Å². The van der Waals surface area contributed by atoms with Crippen molar-refractivity contribution in [2.24, 2.45) is 0 Å². The average molecular weight is 344 g/mol. The Morgan fingerprint density at radius 2 is 2.00 bits per heavy atom. The maximum atomic E-state index is 12.0. The van der Waals surface area contributed by atoms with Crippen molar-refractivity contribution >= 4 is 28.8 Å². The molecule has 0 aromatic carbocycles. The van der Waals surface area contributed by atoms with Crippen molar-refractivity contribution in [1.82, 2.24) is 14.8 Å². The topological polar surface area (TPSA) is 36.4 Å². The number of thiazole rings is 1. The molecule has 0 aliphatic carbocycles. The lowest BCUT2D eigenvalue weighted by Gasteiger charge is -2.34. The molecule has 6 heteroatoms. The van der Waals surface area contributed by atoms with Gasteiger partial charge in [0.25, 0.3) is 0 Å². The lowest BCUT2D eigenvalue weighted by atomic mass is 9.93. The molecule has 0 unspecified atom stereocenters. The number of hydrogen-bond acceptors (Lipinski definition) is 4. The van der Waals surface area contributed by atoms with Gasteiger partial charge >= 0.3 is 0 Å². The van der Waals surface area contributed by atoms with Crippen LogP contribution in [0.25, 0.3) is 0 Å². The summed E-state index contributed by atoms with van der Waals surface area (Å²) in [6, 6.07) is 0. The molecule has 1 aliphatic heterocycles. The van der Waals surface area contributed by atoms with Gasteiger partial charge in [-0.2, -0.15) is 0 Å². The molecule has 0 N–H and O–H groups in total. The number of piperazine rings is 1. The number of carbonyl (C=O) groups excluding carboxylic acids is 1. The minimum Gasteiger partial charge on any atom is -0.340 e. The van der Waals surface area contributed by atoms with Crippen LogP contribution in [0.2, 0.25) is 0 Å². The molecule has 1 amide bonds. The normalized spacial score (nSPS) is 17.0. The Morgan fingerprint density at radius 1 is 1.32 bits per heavy atom. The fourth-order valence-electron chi connectivity index (χ4n) is 2.45. The van der Waals surface area contributed by atoms with Gasteiger partial charge in [0, 0.05) is 49.3 Å². The van der Waals surface area contributed by atoms with Crippen LogP contribution in [-0.2, 0) is 16.8 Å². The third kappa shape index (κ3) is 4.93. The Kier molecular flexibility index (Phi) is 6.24. The average Bonchev–Trinajstić information content (AvgIpc) is 2.94. The van der Waals surface area contributed by atoms with E-state index in [9.17, 15) is 4.79 Å². The Hall–Kier alpha value is -0.650. The third-order valence-corrected chi connectivity index (χ3v) is 5.03. The molecule has 0 radical (unpaired) electrons. The van der Waals surface area contributed by atoms with Gasteiger partial charge in [0.05, 0.1) is 12.2 Å². The molecular formula is C16H26ClN3OS. The van der Waals surface area contributed by atoms with E-state index in [1.807, 2.05) is 4.90 Å². The number of nitrogens with zero attached hydrogens (tertiary/aromatic N) is 3. The van der Waals surface area contributed by atoms with Crippen LogP contribution in [0.4, 0.5) is 0 Å². The van der Waals surface area contributed by atoms with E-state index in [1.165, 1.54) is 10.7 Å². The van der Waals surface area contributed by atoms with E-state index >= 15 is 0 Å². The molecule has 0 saturated carbocycles. The molecule has 0 bridgehead atoms. The van der Waals surface area contributed by atoms with Crippen LogP contribution in [0, 0.1) is 0 Å². The summed E-state index contributed by atoms with van der Waals surface area (Å²) < 4.78 is 0. The highest BCUT2D eigenvalue weighted by Crippen LogP contribution is 2.24. The molecule has 1 aromatic heterocycles. The van der Waals surface area contributed by atoms with E-state index in [0.717, 1.165) is 39.1 Å². The quantitative estimate of drug-likeness (QED) is 0.771. The van der Waals surface area contributed by atoms with Gasteiger partial charge < -0.3 is 4.90 Å². The van der Waals surface area contributed by atoms with Gasteiger partial charge in [-0.05, 0) is 6.42 Å². The lowest BCUT2D eigenvalue weighted by molar-refractivity contribution is -0.133. The van der Waals surface area contributed by atoms with Crippen LogP contribution in [-0.4, -0.2) is 52.8 Å². The van der Waals surface area contributed by atoms with E-state index in [2.05, 4.69) is 31.1 Å². The van der Waals surface area contributed by atoms with Gasteiger partial charge in [0.2, 0.25) is 5.91 Å². The number of halogens is 1. The molecule has 1 fully saturated rings. The van der Waals surface area contributed by atoms with Crippen molar-refractivity contribution in [3.8, 4) is 0 Å². The first kappa shape index (κ1) is 17.7. The number of carbonyl (C=O) groups is 1. The minimum atomic E-state index is 0.113. The molecule has 0 atom stereocenters. The van der Waals surface area contributed by atoms with E-state index in [0.29, 0.717) is 12.3 Å². The summed E-state index contributed by atoms with van der Waals surface area (Å²) in [5, 5.41) is 3.34. The summed E-state index contributed by atoms with van der Waals surface area (Å²) in [5.74, 6) is 0.802. The summed E-state index contributed by atoms with van der Waals surface area (Å²) in [6.07, 6.45) is 1.35. The number of amides is 1. The van der Waals surface area contributed by atoms with Crippen molar-refractivity contribution in [1.29, 1.82) is 0 Å². The zero-order chi connectivity index (χ0) is 16.2. The van der Waals surface area contributed by atoms with Crippen LogP contribution in [0.15, 0.2) is 5.38 Å². The van der Waals surface area contributed by atoms with Gasteiger partial charge in [-0.15, -0.1) is 22.9 Å². The second-order valence-corrected chi connectivity index (χ2v) is 8.15. The first-order valence-corrected chi connectivity index (χ1v) is 9.32. The van der Waals surface area contributed by atoms with E-state index in [1.54, 1.807) is 11.3 Å². The van der Waals surface area contributed by atoms with E-state index in [-0.39, 0.29) is 11.3 Å². The van der Waals surface area contributed by atoms with Crippen LogP contribution in [0.1, 0.15) is 44.3 Å². The Labute approximate surface area is 142 Å². The molecule has 1 saturated heterocycles. The Balaban J connectivity index is 1.80. The fourth-order valence-corrected chi connectivity index (χ4v) is 3.65. The first-order valence-electron chi connectivity index (χ1n) is 7.91. The minimum absolute atomic E-state index is 0.113. The molecule has 1 aliphatic rings. The highest BCUT2D eigenvalue weighted by atomic mass is 35.5. The van der Waals surface area contributed by atoms with Crippen molar-refractivity contribution in [2.45, 2.75) is 45.6 Å². The monoisotopic (exact) mass is 343 g/mol. The smallest absolute Gasteiger partial charge is 0.222 e. The highest BCUT2D eigenvalue weighted by Gasteiger charge is 2.22. The number of hydrogen-bond donors (Lipinski definition) is 0. The van der Waals surface area contributed by atoms with Crippen molar-refractivity contribution in [2.75, 3.05) is 32.1 Å². The van der Waals surface area contributed by atoms with Gasteiger partial charge in [-0.25, -0.2) is 4.98 Å². The first-order chi connectivity index (χ1) is 10.4. The highest BCUT2D eigenvalue weighted by molar-refractivity contribution is 7.09. The molecular weight excluding hydrogens is 318 g/mol. The number of rotatable bonds is 5. The third-order valence-electron chi connectivity index (χ3n) is 3.93. The number of alkyl halides is 1. The standard InChI is InChI=1S/C16H26ClN3OS/c1-16(2,3)13-12-22-14(18-13)11-19-7-9-20(10-8-19)15(21)5-4-6-17/h12H,4-11H2,1-3H3. The summed E-state index contributed by atoms with van der Waals surface area (Å²) in [4.78, 5) is 21.1. The summed E-state index contributed by atoms with van der Waals surface area (Å²) in [5.41, 5.74) is 1.28. The predicted octanol–water partition coefficient (Wildman–Crippen LogP) is 3.10. The summed E-state index contributed by atoms with van der Waals surface area (Å²) in [6.45, 7) is 11.0. The van der Waals surface area contributed by atoms with Gasteiger partial charge in [-0.3, -0.25) is 9.69 Å². The second kappa shape index (κ2) is 7.75. The summed E-state index contributed by atoms with van der Waals surface area (Å²) >= 11 is 7.39. The molecule has 4 nitrogen and oxygen atoms in total. The lowest BCUT2D eigenvalue weighted by Crippen LogP contribution is -2.48. The fraction of sp³-hybridized carbons (Fsp3) is 0.750. The predicted molar refractivity (Wildman–Crippen MR) is 92.6 cm³/mol. The second-order valence-electron chi connectivity index (χ2n) is 6.83. The van der Waals surface area contributed by atoms with Crippen LogP contribution < -0.4 is 0 Å². The van der Waals surface area contributed by atoms with Crippen LogP contribution >= 0.6 is 22.9 Å². The molecule has 0 spiro atoms. The maximum absolute atomic E-state index is 12.0. The van der Waals surface area contributed by atoms with Gasteiger partial charge in [0.15, 0.2) is 0 Å². The Morgan fingerprint density at radius 3 is 2.55 bits per heavy atom. The van der Waals surface area contributed by atoms with E-state index < -0.39 is 0 Å². The van der Waals surface area contributed by atoms with Crippen LogP contribution in [0.5, 0.6) is 0 Å². The molecule has 2 heterocycles. The zero-order valence-corrected chi connectivity index (χ0v) is 15.3. The SMILES string of the molecule is CC(C)(C)c1csc(CN2CCN(C(=O)CCCCl)CC2)n1. The largest absolute Gasteiger partial charge is 0.340 e. The van der Waals surface area contributed by atoms with Crippen molar-refractivity contribution in [3.63, 3.8) is 0 Å². The summed E-state index contributed by atoms with van der Waals surface area (Å²) in [7, 11) is 0. The number of aromatic nitrogens is 1. The molecule has 22 heavy (non-hydrogen) atoms. The molecule has 124 valence electrons. The zero-order valence-electron chi connectivity index (χ0n) is 13.8. The molecule has 2 rings (SSSR count).